The van der Waals surface area contributed by atoms with Crippen LogP contribution in [0.2, 0.25) is 5.28 Å². The van der Waals surface area contributed by atoms with Crippen LogP contribution >= 0.6 is 11.6 Å². The highest BCUT2D eigenvalue weighted by molar-refractivity contribution is 6.28. The minimum absolute atomic E-state index is 0.207. The zero-order valence-electron chi connectivity index (χ0n) is 11.5. The van der Waals surface area contributed by atoms with Gasteiger partial charge >= 0.3 is 6.18 Å². The molecule has 0 saturated carbocycles. The molecule has 1 aromatic rings. The van der Waals surface area contributed by atoms with Gasteiger partial charge in [-0.15, -0.1) is 0 Å². The molecule has 0 unspecified atom stereocenters. The van der Waals surface area contributed by atoms with Crippen LogP contribution in [0.4, 0.5) is 19.0 Å². The van der Waals surface area contributed by atoms with Crippen molar-refractivity contribution in [2.75, 3.05) is 18.0 Å². The second-order valence-electron chi connectivity index (χ2n) is 5.88. The Morgan fingerprint density at radius 1 is 1.20 bits per heavy atom. The molecule has 0 bridgehead atoms. The Balaban J connectivity index is 2.26. The second kappa shape index (κ2) is 5.39. The molecule has 2 rings (SSSR count). The molecule has 7 heteroatoms. The Labute approximate surface area is 121 Å². The van der Waals surface area contributed by atoms with E-state index in [2.05, 4.69) is 23.8 Å². The molecule has 0 N–H and O–H groups in total. The van der Waals surface area contributed by atoms with Crippen LogP contribution in [0.25, 0.3) is 0 Å². The maximum atomic E-state index is 12.8. The maximum absolute atomic E-state index is 12.8. The fourth-order valence-corrected chi connectivity index (χ4v) is 2.54. The molecule has 0 aromatic carbocycles. The predicted molar refractivity (Wildman–Crippen MR) is 71.9 cm³/mol. The minimum atomic E-state index is -4.51. The molecule has 1 saturated heterocycles. The third-order valence-electron chi connectivity index (χ3n) is 3.64. The van der Waals surface area contributed by atoms with Crippen LogP contribution in [0.15, 0.2) is 6.07 Å². The summed E-state index contributed by atoms with van der Waals surface area (Å²) in [7, 11) is 0. The van der Waals surface area contributed by atoms with Crippen LogP contribution in [-0.4, -0.2) is 23.1 Å². The van der Waals surface area contributed by atoms with E-state index in [1.807, 2.05) is 4.90 Å². The van der Waals surface area contributed by atoms with Crippen LogP contribution < -0.4 is 4.90 Å². The lowest BCUT2D eigenvalue weighted by Crippen LogP contribution is -2.26. The van der Waals surface area contributed by atoms with Crippen LogP contribution in [0.3, 0.4) is 0 Å². The van der Waals surface area contributed by atoms with Crippen molar-refractivity contribution in [3.8, 4) is 0 Å². The van der Waals surface area contributed by atoms with E-state index in [9.17, 15) is 13.2 Å². The van der Waals surface area contributed by atoms with Gasteiger partial charge in [0.2, 0.25) is 5.28 Å². The van der Waals surface area contributed by atoms with E-state index in [0.29, 0.717) is 13.1 Å². The van der Waals surface area contributed by atoms with Crippen LogP contribution in [0, 0.1) is 5.41 Å². The van der Waals surface area contributed by atoms with Crippen molar-refractivity contribution in [3.63, 3.8) is 0 Å². The number of nitrogens with zero attached hydrogens (tertiary/aromatic N) is 3. The van der Waals surface area contributed by atoms with Gasteiger partial charge in [-0.2, -0.15) is 13.2 Å². The number of anilines is 1. The molecule has 1 aliphatic heterocycles. The summed E-state index contributed by atoms with van der Waals surface area (Å²) >= 11 is 5.62. The van der Waals surface area contributed by atoms with E-state index in [1.165, 1.54) is 0 Å². The third kappa shape index (κ3) is 3.75. The molecule has 20 heavy (non-hydrogen) atoms. The Hall–Kier alpha value is -1.04. The van der Waals surface area contributed by atoms with Gasteiger partial charge in [0.05, 0.1) is 0 Å². The van der Waals surface area contributed by atoms with E-state index >= 15 is 0 Å². The van der Waals surface area contributed by atoms with Gasteiger partial charge in [0.1, 0.15) is 5.82 Å². The molecule has 0 amide bonds. The molecule has 1 aliphatic rings. The molecule has 2 heterocycles. The van der Waals surface area contributed by atoms with Crippen molar-refractivity contribution >= 4 is 17.4 Å². The Morgan fingerprint density at radius 2 is 1.90 bits per heavy atom. The highest BCUT2D eigenvalue weighted by Crippen LogP contribution is 2.34. The first-order chi connectivity index (χ1) is 9.17. The maximum Gasteiger partial charge on any atom is 0.433 e. The van der Waals surface area contributed by atoms with Crippen LogP contribution in [0.1, 0.15) is 38.8 Å². The lowest BCUT2D eigenvalue weighted by atomic mass is 9.85. The Kier molecular flexibility index (Phi) is 4.14. The Bertz CT molecular complexity index is 488. The third-order valence-corrected chi connectivity index (χ3v) is 3.81. The number of hydrogen-bond acceptors (Lipinski definition) is 3. The highest BCUT2D eigenvalue weighted by atomic mass is 35.5. The molecule has 1 aromatic heterocycles. The average molecular weight is 308 g/mol. The number of alkyl halides is 3. The summed E-state index contributed by atoms with van der Waals surface area (Å²) in [5.74, 6) is 0.259. The number of rotatable bonds is 1. The summed E-state index contributed by atoms with van der Waals surface area (Å²) in [4.78, 5) is 9.05. The van der Waals surface area contributed by atoms with Crippen LogP contribution in [0.5, 0.6) is 0 Å². The summed E-state index contributed by atoms with van der Waals surface area (Å²) < 4.78 is 38.3. The minimum Gasteiger partial charge on any atom is -0.356 e. The number of hydrogen-bond donors (Lipinski definition) is 0. The molecule has 3 nitrogen and oxygen atoms in total. The number of aromatic nitrogens is 2. The molecule has 112 valence electrons. The molecule has 0 atom stereocenters. The van der Waals surface area contributed by atoms with Gasteiger partial charge in [-0.05, 0) is 36.3 Å². The average Bonchev–Trinajstić information content (AvgIpc) is 2.48. The van der Waals surface area contributed by atoms with Gasteiger partial charge in [0, 0.05) is 19.2 Å². The zero-order valence-corrected chi connectivity index (χ0v) is 12.2. The largest absolute Gasteiger partial charge is 0.433 e. The summed E-state index contributed by atoms with van der Waals surface area (Å²) in [6.07, 6.45) is -1.62. The van der Waals surface area contributed by atoms with Gasteiger partial charge < -0.3 is 4.90 Å². The van der Waals surface area contributed by atoms with Crippen molar-refractivity contribution < 1.29 is 13.2 Å². The van der Waals surface area contributed by atoms with Crippen molar-refractivity contribution in [1.29, 1.82) is 0 Å². The van der Waals surface area contributed by atoms with Gasteiger partial charge in [-0.3, -0.25) is 0 Å². The summed E-state index contributed by atoms with van der Waals surface area (Å²) in [5, 5.41) is -0.363. The van der Waals surface area contributed by atoms with E-state index in [4.69, 9.17) is 11.6 Å². The zero-order chi connectivity index (χ0) is 15.0. The first-order valence-corrected chi connectivity index (χ1v) is 6.92. The van der Waals surface area contributed by atoms with Gasteiger partial charge in [-0.1, -0.05) is 13.8 Å². The van der Waals surface area contributed by atoms with E-state index in [1.54, 1.807) is 0 Å². The summed E-state index contributed by atoms with van der Waals surface area (Å²) in [6, 6.07) is 0.976. The fourth-order valence-electron chi connectivity index (χ4n) is 2.36. The van der Waals surface area contributed by atoms with Gasteiger partial charge in [-0.25, -0.2) is 9.97 Å². The second-order valence-corrected chi connectivity index (χ2v) is 6.22. The van der Waals surface area contributed by atoms with Gasteiger partial charge in [0.15, 0.2) is 5.69 Å². The monoisotopic (exact) mass is 307 g/mol. The SMILES string of the molecule is CC1(C)CCCN(c2cc(C(F)(F)F)nc(Cl)n2)CC1. The summed E-state index contributed by atoms with van der Waals surface area (Å²) in [6.45, 7) is 5.71. The van der Waals surface area contributed by atoms with Gasteiger partial charge in [0.25, 0.3) is 0 Å². The molecule has 1 fully saturated rings. The summed E-state index contributed by atoms with van der Waals surface area (Å²) in [5.41, 5.74) is -0.783. The van der Waals surface area contributed by atoms with E-state index in [0.717, 1.165) is 25.3 Å². The lowest BCUT2D eigenvalue weighted by molar-refractivity contribution is -0.141. The van der Waals surface area contributed by atoms with Crippen molar-refractivity contribution in [2.24, 2.45) is 5.41 Å². The Morgan fingerprint density at radius 3 is 2.55 bits per heavy atom. The van der Waals surface area contributed by atoms with Crippen molar-refractivity contribution in [3.05, 3.63) is 17.0 Å². The van der Waals surface area contributed by atoms with E-state index in [-0.39, 0.29) is 16.5 Å². The normalized spacial score (nSPS) is 19.8. The first kappa shape index (κ1) is 15.4. The molecule has 0 radical (unpaired) electrons. The molecular weight excluding hydrogens is 291 g/mol. The lowest BCUT2D eigenvalue weighted by Gasteiger charge is -2.24. The number of halogens is 4. The van der Waals surface area contributed by atoms with Crippen LogP contribution in [-0.2, 0) is 6.18 Å². The molecular formula is C13H17ClF3N3. The smallest absolute Gasteiger partial charge is 0.356 e. The predicted octanol–water partition coefficient (Wildman–Crippen LogP) is 4.17. The van der Waals surface area contributed by atoms with E-state index < -0.39 is 11.9 Å². The molecule has 0 aliphatic carbocycles. The first-order valence-electron chi connectivity index (χ1n) is 6.54. The fraction of sp³-hybridized carbons (Fsp3) is 0.692. The quantitative estimate of drug-likeness (QED) is 0.729. The topological polar surface area (TPSA) is 29.0 Å². The highest BCUT2D eigenvalue weighted by Gasteiger charge is 2.34. The van der Waals surface area contributed by atoms with Crippen molar-refractivity contribution in [2.45, 2.75) is 39.3 Å². The molecule has 0 spiro atoms. The van der Waals surface area contributed by atoms with Crippen molar-refractivity contribution in [1.82, 2.24) is 9.97 Å². The standard InChI is InChI=1S/C13H17ClF3N3/c1-12(2)4-3-6-20(7-5-12)10-8-9(13(15,16)17)18-11(14)19-10/h8H,3-7H2,1-2H3.